The number of nitrogens with one attached hydrogen (secondary N) is 1. The Kier molecular flexibility index (Phi) is 3.67. The van der Waals surface area contributed by atoms with Crippen molar-refractivity contribution in [3.63, 3.8) is 0 Å². The summed E-state index contributed by atoms with van der Waals surface area (Å²) in [6.07, 6.45) is 4.31. The van der Waals surface area contributed by atoms with Crippen LogP contribution in [-0.4, -0.2) is 48.1 Å². The maximum Gasteiger partial charge on any atom is 0.265 e. The lowest BCUT2D eigenvalue weighted by Gasteiger charge is -2.29. The van der Waals surface area contributed by atoms with E-state index in [-0.39, 0.29) is 29.4 Å². The van der Waals surface area contributed by atoms with Crippen LogP contribution in [0, 0.1) is 17.8 Å². The van der Waals surface area contributed by atoms with E-state index in [1.807, 2.05) is 10.3 Å². The van der Waals surface area contributed by atoms with Crippen molar-refractivity contribution in [3.05, 3.63) is 21.3 Å². The first-order valence-electron chi connectivity index (χ1n) is 9.05. The molecular weight excluding hydrogens is 360 g/mol. The largest absolute Gasteiger partial charge is 0.369 e. The van der Waals surface area contributed by atoms with Crippen molar-refractivity contribution in [2.24, 2.45) is 17.8 Å². The second kappa shape index (κ2) is 5.69. The summed E-state index contributed by atoms with van der Waals surface area (Å²) in [6, 6.07) is 1.77. The quantitative estimate of drug-likeness (QED) is 0.873. The number of carbonyl (C=O) groups excluding carboxylic acids is 2. The Bertz CT molecular complexity index is 734. The number of likely N-dealkylation sites (tertiary alicyclic amines) is 1. The van der Waals surface area contributed by atoms with Crippen LogP contribution >= 0.6 is 22.9 Å². The van der Waals surface area contributed by atoms with Gasteiger partial charge in [0.25, 0.3) is 5.91 Å². The second-order valence-corrected chi connectivity index (χ2v) is 9.16. The van der Waals surface area contributed by atoms with Gasteiger partial charge in [0.05, 0.1) is 23.3 Å². The Labute approximate surface area is 155 Å². The Balaban J connectivity index is 1.31. The number of amides is 2. The molecular formula is C18H21ClN2O3S. The summed E-state index contributed by atoms with van der Waals surface area (Å²) >= 11 is 7.54. The third kappa shape index (κ3) is 2.53. The van der Waals surface area contributed by atoms with E-state index in [1.54, 1.807) is 6.07 Å². The predicted molar refractivity (Wildman–Crippen MR) is 94.8 cm³/mol. The van der Waals surface area contributed by atoms with Crippen molar-refractivity contribution in [2.45, 2.75) is 37.4 Å². The van der Waals surface area contributed by atoms with Gasteiger partial charge in [0, 0.05) is 30.8 Å². The number of rotatable bonds is 4. The van der Waals surface area contributed by atoms with Gasteiger partial charge in [-0.3, -0.25) is 9.59 Å². The van der Waals surface area contributed by atoms with Crippen molar-refractivity contribution in [2.75, 3.05) is 19.6 Å². The average Bonchev–Trinajstić information content (AvgIpc) is 2.95. The minimum atomic E-state index is -0.209. The van der Waals surface area contributed by atoms with Crippen LogP contribution in [-0.2, 0) is 9.53 Å². The Hall–Kier alpha value is -1.11. The summed E-state index contributed by atoms with van der Waals surface area (Å²) in [5, 5.41) is 5.50. The van der Waals surface area contributed by atoms with Crippen LogP contribution in [0.4, 0.5) is 0 Å². The molecule has 25 heavy (non-hydrogen) atoms. The number of nitrogens with zero attached hydrogens (tertiary/aromatic N) is 1. The molecule has 1 aromatic heterocycles. The summed E-state index contributed by atoms with van der Waals surface area (Å²) in [5.41, 5.74) is -0.209. The van der Waals surface area contributed by atoms with E-state index >= 15 is 0 Å². The van der Waals surface area contributed by atoms with Crippen LogP contribution in [0.1, 0.15) is 35.4 Å². The highest BCUT2D eigenvalue weighted by Crippen LogP contribution is 2.55. The summed E-state index contributed by atoms with van der Waals surface area (Å²) in [7, 11) is 0. The van der Waals surface area contributed by atoms with Crippen LogP contribution < -0.4 is 5.32 Å². The summed E-state index contributed by atoms with van der Waals surface area (Å²) < 4.78 is 6.36. The molecule has 4 aliphatic rings. The van der Waals surface area contributed by atoms with Crippen molar-refractivity contribution < 1.29 is 14.3 Å². The van der Waals surface area contributed by atoms with E-state index in [9.17, 15) is 9.59 Å². The fourth-order valence-electron chi connectivity index (χ4n) is 4.92. The number of hydrogen-bond acceptors (Lipinski definition) is 4. The second-order valence-electron chi connectivity index (χ2n) is 7.83. The molecule has 134 valence electrons. The van der Waals surface area contributed by atoms with Crippen LogP contribution in [0.2, 0.25) is 5.02 Å². The van der Waals surface area contributed by atoms with E-state index in [4.69, 9.17) is 16.3 Å². The first-order chi connectivity index (χ1) is 12.1. The molecule has 0 radical (unpaired) electrons. The van der Waals surface area contributed by atoms with Gasteiger partial charge in [-0.15, -0.1) is 11.3 Å². The van der Waals surface area contributed by atoms with Crippen molar-refractivity contribution >= 4 is 34.8 Å². The van der Waals surface area contributed by atoms with Crippen LogP contribution in [0.5, 0.6) is 0 Å². The number of ether oxygens (including phenoxy) is 1. The minimum Gasteiger partial charge on any atom is -0.369 e. The van der Waals surface area contributed by atoms with Crippen molar-refractivity contribution in [3.8, 4) is 0 Å². The first-order valence-corrected chi connectivity index (χ1v) is 10.3. The Morgan fingerprint density at radius 1 is 1.40 bits per heavy atom. The molecule has 3 saturated heterocycles. The predicted octanol–water partition coefficient (Wildman–Crippen LogP) is 2.55. The van der Waals surface area contributed by atoms with E-state index < -0.39 is 0 Å². The fourth-order valence-corrected chi connectivity index (χ4v) is 6.02. The maximum absolute atomic E-state index is 12.8. The molecule has 5 rings (SSSR count). The number of fused-ring (bicyclic) bond motifs is 1. The normalized spacial score (nSPS) is 35.9. The molecule has 4 fully saturated rings. The zero-order chi connectivity index (χ0) is 17.2. The number of carbonyl (C=O) groups is 2. The molecule has 2 bridgehead atoms. The standard InChI is InChI=1S/C18H21ClN2O3S/c19-13-4-6-25-15(13)17(23)21-8-12-11(7-20-16(22)10-1-2-10)14-3-5-18(12,9-21)24-14/h4,6,10-12,14H,1-3,5,7-9H2,(H,20,22)/t11-,12+,14+,18+/m0/s1. The van der Waals surface area contributed by atoms with Gasteiger partial charge >= 0.3 is 0 Å². The van der Waals surface area contributed by atoms with Gasteiger partial charge in [0.15, 0.2) is 0 Å². The SMILES string of the molecule is O=C(NC[C@H]1[C@H]2CN(C(=O)c3sccc3Cl)C[C@]23CC[C@H]1O3)C1CC1. The molecule has 4 atom stereocenters. The van der Waals surface area contributed by atoms with E-state index in [0.29, 0.717) is 41.4 Å². The zero-order valence-electron chi connectivity index (χ0n) is 13.9. The highest BCUT2D eigenvalue weighted by molar-refractivity contribution is 7.12. The van der Waals surface area contributed by atoms with Gasteiger partial charge in [0.2, 0.25) is 5.91 Å². The van der Waals surface area contributed by atoms with Crippen LogP contribution in [0.15, 0.2) is 11.4 Å². The lowest BCUT2D eigenvalue weighted by atomic mass is 9.73. The molecule has 1 aliphatic carbocycles. The third-order valence-corrected chi connectivity index (χ3v) is 7.67. The number of halogens is 1. The van der Waals surface area contributed by atoms with Gasteiger partial charge < -0.3 is 15.0 Å². The van der Waals surface area contributed by atoms with E-state index in [1.165, 1.54) is 11.3 Å². The third-order valence-electron chi connectivity index (χ3n) is 6.34. The first kappa shape index (κ1) is 16.1. The molecule has 1 aromatic rings. The molecule has 1 spiro atoms. The molecule has 0 unspecified atom stereocenters. The van der Waals surface area contributed by atoms with Crippen LogP contribution in [0.25, 0.3) is 0 Å². The van der Waals surface area contributed by atoms with Gasteiger partial charge in [-0.25, -0.2) is 0 Å². The van der Waals surface area contributed by atoms with Gasteiger partial charge in [-0.1, -0.05) is 11.6 Å². The topological polar surface area (TPSA) is 58.6 Å². The number of thiophene rings is 1. The van der Waals surface area contributed by atoms with E-state index in [2.05, 4.69) is 5.32 Å². The van der Waals surface area contributed by atoms with Crippen LogP contribution in [0.3, 0.4) is 0 Å². The number of hydrogen-bond donors (Lipinski definition) is 1. The summed E-state index contributed by atoms with van der Waals surface area (Å²) in [5.74, 6) is 1.06. The highest BCUT2D eigenvalue weighted by Gasteiger charge is 2.63. The molecule has 0 aromatic carbocycles. The molecule has 4 heterocycles. The molecule has 2 amide bonds. The molecule has 1 N–H and O–H groups in total. The average molecular weight is 381 g/mol. The molecule has 5 nitrogen and oxygen atoms in total. The monoisotopic (exact) mass is 380 g/mol. The smallest absolute Gasteiger partial charge is 0.265 e. The van der Waals surface area contributed by atoms with Gasteiger partial charge in [0.1, 0.15) is 4.88 Å². The zero-order valence-corrected chi connectivity index (χ0v) is 15.4. The van der Waals surface area contributed by atoms with Crippen molar-refractivity contribution in [1.82, 2.24) is 10.2 Å². The molecule has 1 saturated carbocycles. The maximum atomic E-state index is 12.8. The van der Waals surface area contributed by atoms with Gasteiger partial charge in [-0.05, 0) is 37.1 Å². The lowest BCUT2D eigenvalue weighted by molar-refractivity contribution is -0.122. The minimum absolute atomic E-state index is 0.0107. The Morgan fingerprint density at radius 3 is 2.96 bits per heavy atom. The highest BCUT2D eigenvalue weighted by atomic mass is 35.5. The fraction of sp³-hybridized carbons (Fsp3) is 0.667. The van der Waals surface area contributed by atoms with Gasteiger partial charge in [-0.2, -0.15) is 0 Å². The lowest BCUT2D eigenvalue weighted by Crippen LogP contribution is -2.42. The van der Waals surface area contributed by atoms with E-state index in [0.717, 1.165) is 25.7 Å². The summed E-state index contributed by atoms with van der Waals surface area (Å²) in [4.78, 5) is 27.3. The Morgan fingerprint density at radius 2 is 2.24 bits per heavy atom. The molecule has 7 heteroatoms. The summed E-state index contributed by atoms with van der Waals surface area (Å²) in [6.45, 7) is 2.02. The molecule has 3 aliphatic heterocycles. The van der Waals surface area contributed by atoms with Crippen molar-refractivity contribution in [1.29, 1.82) is 0 Å².